The minimum Gasteiger partial charge on any atom is -0.338 e. The summed E-state index contributed by atoms with van der Waals surface area (Å²) >= 11 is 6.16. The number of carbonyl (C=O) groups excluding carboxylic acids is 1. The molecule has 98 valence electrons. The predicted molar refractivity (Wildman–Crippen MR) is 74.2 cm³/mol. The van der Waals surface area contributed by atoms with E-state index in [9.17, 15) is 4.79 Å². The quantitative estimate of drug-likeness (QED) is 0.855. The van der Waals surface area contributed by atoms with Crippen molar-refractivity contribution in [1.82, 2.24) is 10.2 Å². The minimum absolute atomic E-state index is 0. The Morgan fingerprint density at radius 1 is 1.39 bits per heavy atom. The zero-order chi connectivity index (χ0) is 11.8. The summed E-state index contributed by atoms with van der Waals surface area (Å²) in [6.07, 6.45) is 0.876. The largest absolute Gasteiger partial charge is 0.338 e. The number of carbonyl (C=O) groups is 1. The zero-order valence-corrected chi connectivity index (χ0v) is 11.6. The number of benzene rings is 1. The molecule has 0 saturated carbocycles. The molecule has 0 bridgehead atoms. The third-order valence-electron chi connectivity index (χ3n) is 3.65. The second-order valence-electron chi connectivity index (χ2n) is 4.74. The molecule has 0 aliphatic carbocycles. The molecule has 1 saturated heterocycles. The first-order chi connectivity index (χ1) is 8.25. The highest BCUT2D eigenvalue weighted by molar-refractivity contribution is 6.31. The molecule has 3 nitrogen and oxygen atoms in total. The number of nitrogens with zero attached hydrogens (tertiary/aromatic N) is 1. The first kappa shape index (κ1) is 13.7. The Kier molecular flexibility index (Phi) is 4.15. The number of nitrogens with one attached hydrogen (secondary N) is 1. The molecule has 0 radical (unpaired) electrons. The van der Waals surface area contributed by atoms with Crippen molar-refractivity contribution < 1.29 is 4.79 Å². The average molecular weight is 287 g/mol. The second kappa shape index (κ2) is 5.47. The highest BCUT2D eigenvalue weighted by Gasteiger charge is 2.31. The van der Waals surface area contributed by atoms with Crippen molar-refractivity contribution in [2.45, 2.75) is 13.0 Å². The first-order valence-corrected chi connectivity index (χ1v) is 6.39. The smallest absolute Gasteiger partial charge is 0.228 e. The highest BCUT2D eigenvalue weighted by atomic mass is 35.5. The van der Waals surface area contributed by atoms with Crippen LogP contribution in [0.5, 0.6) is 0 Å². The van der Waals surface area contributed by atoms with Crippen molar-refractivity contribution in [3.63, 3.8) is 0 Å². The number of hydrogen-bond acceptors (Lipinski definition) is 2. The molecule has 2 aliphatic rings. The number of rotatable bonds is 1. The van der Waals surface area contributed by atoms with Crippen molar-refractivity contribution in [3.8, 4) is 0 Å². The lowest BCUT2D eigenvalue weighted by atomic mass is 9.96. The van der Waals surface area contributed by atoms with Gasteiger partial charge in [-0.3, -0.25) is 4.79 Å². The number of amides is 1. The van der Waals surface area contributed by atoms with Crippen LogP contribution in [-0.4, -0.2) is 30.4 Å². The zero-order valence-electron chi connectivity index (χ0n) is 9.99. The molecule has 0 aromatic heterocycles. The SMILES string of the molecule is Cl.O=C(C1CNC1)N1CCc2c(Cl)cccc2C1. The molecule has 1 aromatic rings. The average Bonchev–Trinajstić information content (AvgIpc) is 2.26. The fourth-order valence-electron chi connectivity index (χ4n) is 2.47. The van der Waals surface area contributed by atoms with Crippen molar-refractivity contribution in [2.75, 3.05) is 19.6 Å². The molecule has 2 aliphatic heterocycles. The summed E-state index contributed by atoms with van der Waals surface area (Å²) in [5.41, 5.74) is 2.41. The van der Waals surface area contributed by atoms with Crippen LogP contribution in [0.1, 0.15) is 11.1 Å². The predicted octanol–water partition coefficient (Wildman–Crippen LogP) is 1.87. The van der Waals surface area contributed by atoms with Gasteiger partial charge in [0.25, 0.3) is 0 Å². The highest BCUT2D eigenvalue weighted by Crippen LogP contribution is 2.26. The lowest BCUT2D eigenvalue weighted by Gasteiger charge is -2.35. The van der Waals surface area contributed by atoms with Crippen LogP contribution in [-0.2, 0) is 17.8 Å². The first-order valence-electron chi connectivity index (χ1n) is 6.01. The molecule has 0 unspecified atom stereocenters. The Balaban J connectivity index is 0.00000120. The van der Waals surface area contributed by atoms with Crippen LogP contribution >= 0.6 is 24.0 Å². The Labute approximate surface area is 118 Å². The molecular formula is C13H16Cl2N2O. The van der Waals surface area contributed by atoms with Crippen LogP contribution in [0.25, 0.3) is 0 Å². The van der Waals surface area contributed by atoms with Crippen molar-refractivity contribution in [2.24, 2.45) is 5.92 Å². The molecule has 1 N–H and O–H groups in total. The van der Waals surface area contributed by atoms with Crippen molar-refractivity contribution in [1.29, 1.82) is 0 Å². The fourth-order valence-corrected chi connectivity index (χ4v) is 2.76. The van der Waals surface area contributed by atoms with Gasteiger partial charge in [-0.2, -0.15) is 0 Å². The Morgan fingerprint density at radius 2 is 2.17 bits per heavy atom. The summed E-state index contributed by atoms with van der Waals surface area (Å²) < 4.78 is 0. The maximum absolute atomic E-state index is 12.1. The van der Waals surface area contributed by atoms with Gasteiger partial charge < -0.3 is 10.2 Å². The van der Waals surface area contributed by atoms with Crippen molar-refractivity contribution >= 4 is 29.9 Å². The van der Waals surface area contributed by atoms with E-state index in [4.69, 9.17) is 11.6 Å². The van der Waals surface area contributed by atoms with Crippen LogP contribution in [0.3, 0.4) is 0 Å². The summed E-state index contributed by atoms with van der Waals surface area (Å²) in [5, 5.41) is 3.97. The minimum atomic E-state index is 0. The lowest BCUT2D eigenvalue weighted by Crippen LogP contribution is -2.52. The summed E-state index contributed by atoms with van der Waals surface area (Å²) in [5.74, 6) is 0.477. The molecule has 5 heteroatoms. The number of hydrogen-bond donors (Lipinski definition) is 1. The van der Waals surface area contributed by atoms with E-state index in [1.807, 2.05) is 17.0 Å². The third kappa shape index (κ3) is 2.35. The van der Waals surface area contributed by atoms with E-state index >= 15 is 0 Å². The Bertz CT molecular complexity index is 460. The number of halogens is 2. The van der Waals surface area contributed by atoms with Gasteiger partial charge in [0.1, 0.15) is 0 Å². The third-order valence-corrected chi connectivity index (χ3v) is 4.01. The van der Waals surface area contributed by atoms with Gasteiger partial charge in [0.15, 0.2) is 0 Å². The van der Waals surface area contributed by atoms with Gasteiger partial charge in [-0.15, -0.1) is 12.4 Å². The van der Waals surface area contributed by atoms with Gasteiger partial charge in [-0.1, -0.05) is 23.7 Å². The maximum atomic E-state index is 12.1. The number of fused-ring (bicyclic) bond motifs is 1. The van der Waals surface area contributed by atoms with Gasteiger partial charge in [-0.25, -0.2) is 0 Å². The fraction of sp³-hybridized carbons (Fsp3) is 0.462. The molecule has 1 amide bonds. The van der Waals surface area contributed by atoms with Gasteiger partial charge in [0.05, 0.1) is 5.92 Å². The van der Waals surface area contributed by atoms with Crippen molar-refractivity contribution in [3.05, 3.63) is 34.3 Å². The molecule has 0 atom stereocenters. The van der Waals surface area contributed by atoms with Gasteiger partial charge in [0, 0.05) is 31.2 Å². The van der Waals surface area contributed by atoms with E-state index in [1.165, 1.54) is 11.1 Å². The van der Waals surface area contributed by atoms with E-state index in [0.29, 0.717) is 6.54 Å². The van der Waals surface area contributed by atoms with Gasteiger partial charge >= 0.3 is 0 Å². The summed E-state index contributed by atoms with van der Waals surface area (Å²) in [7, 11) is 0. The van der Waals surface area contributed by atoms with Gasteiger partial charge in [0.2, 0.25) is 5.91 Å². The molecule has 18 heavy (non-hydrogen) atoms. The van der Waals surface area contributed by atoms with E-state index in [1.54, 1.807) is 0 Å². The van der Waals surface area contributed by atoms with E-state index in [0.717, 1.165) is 31.1 Å². The van der Waals surface area contributed by atoms with E-state index in [2.05, 4.69) is 11.4 Å². The normalized spacial score (nSPS) is 18.6. The summed E-state index contributed by atoms with van der Waals surface area (Å²) in [6.45, 7) is 3.17. The summed E-state index contributed by atoms with van der Waals surface area (Å²) in [4.78, 5) is 14.1. The lowest BCUT2D eigenvalue weighted by molar-refractivity contribution is -0.138. The molecule has 1 fully saturated rings. The molecule has 3 rings (SSSR count). The molecule has 0 spiro atoms. The van der Waals surface area contributed by atoms with Crippen LogP contribution in [0.2, 0.25) is 5.02 Å². The van der Waals surface area contributed by atoms with E-state index in [-0.39, 0.29) is 24.2 Å². The maximum Gasteiger partial charge on any atom is 0.228 e. The van der Waals surface area contributed by atoms with Gasteiger partial charge in [-0.05, 0) is 23.6 Å². The van der Waals surface area contributed by atoms with E-state index < -0.39 is 0 Å². The van der Waals surface area contributed by atoms with Crippen LogP contribution < -0.4 is 5.32 Å². The monoisotopic (exact) mass is 286 g/mol. The summed E-state index contributed by atoms with van der Waals surface area (Å²) in [6, 6.07) is 5.95. The molecular weight excluding hydrogens is 271 g/mol. The second-order valence-corrected chi connectivity index (χ2v) is 5.15. The van der Waals surface area contributed by atoms with Crippen LogP contribution in [0.4, 0.5) is 0 Å². The van der Waals surface area contributed by atoms with Crippen LogP contribution in [0.15, 0.2) is 18.2 Å². The Hall–Kier alpha value is -0.770. The topological polar surface area (TPSA) is 32.3 Å². The standard InChI is InChI=1S/C13H15ClN2O.ClH/c14-12-3-1-2-9-8-16(5-4-11(9)12)13(17)10-6-15-7-10;/h1-3,10,15H,4-8H2;1H. The Morgan fingerprint density at radius 3 is 2.83 bits per heavy atom. The van der Waals surface area contributed by atoms with Crippen LogP contribution in [0, 0.1) is 5.92 Å². The molecule has 1 aromatic carbocycles. The molecule has 2 heterocycles.